The normalized spacial score (nSPS) is 10.4. The van der Waals surface area contributed by atoms with Crippen LogP contribution in [0.2, 0.25) is 0 Å². The topological polar surface area (TPSA) is 71.0 Å². The van der Waals surface area contributed by atoms with Crippen molar-refractivity contribution in [2.45, 2.75) is 13.5 Å². The van der Waals surface area contributed by atoms with Gasteiger partial charge in [-0.15, -0.1) is 5.10 Å². The molecule has 6 heteroatoms. The van der Waals surface area contributed by atoms with E-state index in [1.54, 1.807) is 25.3 Å². The molecular weight excluding hydrogens is 374 g/mol. The number of aromatic nitrogens is 3. The number of hydrogen-bond donors (Lipinski definition) is 1. The largest absolute Gasteiger partial charge is 0.339 e. The molecule has 0 aliphatic carbocycles. The second-order valence-electron chi connectivity index (χ2n) is 6.81. The second-order valence-corrected chi connectivity index (χ2v) is 6.81. The van der Waals surface area contributed by atoms with Gasteiger partial charge in [0, 0.05) is 16.9 Å². The molecule has 6 nitrogen and oxygen atoms in total. The third-order valence-corrected chi connectivity index (χ3v) is 4.60. The van der Waals surface area contributed by atoms with Crippen LogP contribution in [0.15, 0.2) is 91.1 Å². The highest BCUT2D eigenvalue weighted by Crippen LogP contribution is 2.25. The van der Waals surface area contributed by atoms with E-state index in [1.165, 1.54) is 0 Å². The van der Waals surface area contributed by atoms with Crippen molar-refractivity contribution in [2.75, 3.05) is 10.2 Å². The van der Waals surface area contributed by atoms with Crippen LogP contribution in [-0.2, 0) is 6.54 Å². The molecule has 1 aromatic heterocycles. The van der Waals surface area contributed by atoms with Gasteiger partial charge in [0.2, 0.25) is 0 Å². The Morgan fingerprint density at radius 2 is 1.57 bits per heavy atom. The zero-order valence-electron chi connectivity index (χ0n) is 16.6. The molecule has 0 unspecified atom stereocenters. The quantitative estimate of drug-likeness (QED) is 0.436. The molecule has 0 amide bonds. The lowest BCUT2D eigenvalue weighted by Gasteiger charge is -2.22. The maximum absolute atomic E-state index is 11.5. The molecule has 30 heavy (non-hydrogen) atoms. The van der Waals surface area contributed by atoms with Gasteiger partial charge in [-0.1, -0.05) is 48.5 Å². The zero-order valence-corrected chi connectivity index (χ0v) is 16.6. The molecule has 3 aromatic carbocycles. The number of carbonyl (C=O) groups is 1. The molecule has 0 spiro atoms. The van der Waals surface area contributed by atoms with E-state index >= 15 is 0 Å². The monoisotopic (exact) mass is 395 g/mol. The van der Waals surface area contributed by atoms with Crippen molar-refractivity contribution in [2.24, 2.45) is 0 Å². The van der Waals surface area contributed by atoms with Gasteiger partial charge < -0.3 is 10.2 Å². The highest BCUT2D eigenvalue weighted by molar-refractivity contribution is 5.94. The number of rotatable bonds is 7. The first-order valence-electron chi connectivity index (χ1n) is 9.63. The maximum Gasteiger partial charge on any atom is 0.252 e. The molecule has 1 N–H and O–H groups in total. The zero-order chi connectivity index (χ0) is 20.8. The lowest BCUT2D eigenvalue weighted by atomic mass is 10.1. The van der Waals surface area contributed by atoms with Crippen LogP contribution in [0.5, 0.6) is 0 Å². The minimum atomic E-state index is 0.0342. The SMILES string of the molecule is CC(=O)c1ccc(Nc2cnnc(N(Cc3ccccc3)c3ccccc3)n2)cc1. The van der Waals surface area contributed by atoms with E-state index in [9.17, 15) is 4.79 Å². The van der Waals surface area contributed by atoms with E-state index in [4.69, 9.17) is 0 Å². The van der Waals surface area contributed by atoms with Crippen LogP contribution >= 0.6 is 0 Å². The Balaban J connectivity index is 1.62. The molecule has 0 saturated heterocycles. The van der Waals surface area contributed by atoms with Crippen molar-refractivity contribution in [3.8, 4) is 0 Å². The summed E-state index contributed by atoms with van der Waals surface area (Å²) < 4.78 is 0. The van der Waals surface area contributed by atoms with Gasteiger partial charge in [-0.3, -0.25) is 4.79 Å². The molecular formula is C24H21N5O. The minimum absolute atomic E-state index is 0.0342. The minimum Gasteiger partial charge on any atom is -0.339 e. The average molecular weight is 395 g/mol. The highest BCUT2D eigenvalue weighted by atomic mass is 16.1. The van der Waals surface area contributed by atoms with E-state index in [2.05, 4.69) is 32.6 Å². The molecule has 1 heterocycles. The van der Waals surface area contributed by atoms with E-state index in [0.717, 1.165) is 16.9 Å². The summed E-state index contributed by atoms with van der Waals surface area (Å²) in [6.45, 7) is 2.16. The summed E-state index contributed by atoms with van der Waals surface area (Å²) in [7, 11) is 0. The fourth-order valence-electron chi connectivity index (χ4n) is 3.06. The van der Waals surface area contributed by atoms with Gasteiger partial charge in [-0.25, -0.2) is 0 Å². The molecule has 0 saturated carbocycles. The van der Waals surface area contributed by atoms with Crippen molar-refractivity contribution < 1.29 is 4.79 Å². The Hall–Kier alpha value is -4.06. The number of anilines is 4. The lowest BCUT2D eigenvalue weighted by Crippen LogP contribution is -2.20. The van der Waals surface area contributed by atoms with Gasteiger partial charge in [-0.05, 0) is 48.9 Å². The molecule has 0 radical (unpaired) electrons. The fraction of sp³-hybridized carbons (Fsp3) is 0.0833. The number of carbonyl (C=O) groups excluding carboxylic acids is 1. The van der Waals surface area contributed by atoms with Gasteiger partial charge in [-0.2, -0.15) is 10.1 Å². The Morgan fingerprint density at radius 1 is 0.900 bits per heavy atom. The molecule has 0 aliphatic rings. The molecule has 0 aliphatic heterocycles. The van der Waals surface area contributed by atoms with Crippen molar-refractivity contribution in [1.82, 2.24) is 15.2 Å². The summed E-state index contributed by atoms with van der Waals surface area (Å²) in [5.41, 5.74) is 3.61. The first-order chi connectivity index (χ1) is 14.7. The molecule has 0 atom stereocenters. The van der Waals surface area contributed by atoms with Crippen LogP contribution < -0.4 is 10.2 Å². The van der Waals surface area contributed by atoms with Gasteiger partial charge in [0.05, 0.1) is 12.7 Å². The number of hydrogen-bond acceptors (Lipinski definition) is 6. The predicted octanol–water partition coefficient (Wildman–Crippen LogP) is 5.16. The van der Waals surface area contributed by atoms with Gasteiger partial charge in [0.15, 0.2) is 11.6 Å². The van der Waals surface area contributed by atoms with Crippen molar-refractivity contribution in [3.63, 3.8) is 0 Å². The van der Waals surface area contributed by atoms with Crippen LogP contribution in [0, 0.1) is 0 Å². The van der Waals surface area contributed by atoms with Gasteiger partial charge >= 0.3 is 0 Å². The van der Waals surface area contributed by atoms with E-state index in [1.807, 2.05) is 65.6 Å². The van der Waals surface area contributed by atoms with Crippen LogP contribution in [0.4, 0.5) is 23.1 Å². The number of Topliss-reactive ketones (excluding diaryl/α,β-unsaturated/α-hetero) is 1. The maximum atomic E-state index is 11.5. The molecule has 0 bridgehead atoms. The second kappa shape index (κ2) is 8.96. The molecule has 4 aromatic rings. The van der Waals surface area contributed by atoms with E-state index in [-0.39, 0.29) is 5.78 Å². The smallest absolute Gasteiger partial charge is 0.252 e. The Labute approximate surface area is 175 Å². The van der Waals surface area contributed by atoms with E-state index in [0.29, 0.717) is 23.9 Å². The highest BCUT2D eigenvalue weighted by Gasteiger charge is 2.14. The summed E-state index contributed by atoms with van der Waals surface area (Å²) in [5.74, 6) is 1.10. The van der Waals surface area contributed by atoms with Crippen LogP contribution in [-0.4, -0.2) is 21.0 Å². The molecule has 4 rings (SSSR count). The number of ketones is 1. The first-order valence-corrected chi connectivity index (χ1v) is 9.63. The van der Waals surface area contributed by atoms with Gasteiger partial charge in [0.25, 0.3) is 5.95 Å². The van der Waals surface area contributed by atoms with Gasteiger partial charge in [0.1, 0.15) is 0 Å². The number of nitrogens with one attached hydrogen (secondary N) is 1. The van der Waals surface area contributed by atoms with Crippen molar-refractivity contribution in [3.05, 3.63) is 102 Å². The van der Waals surface area contributed by atoms with E-state index < -0.39 is 0 Å². The average Bonchev–Trinajstić information content (AvgIpc) is 2.79. The fourth-order valence-corrected chi connectivity index (χ4v) is 3.06. The van der Waals surface area contributed by atoms with Crippen LogP contribution in [0.25, 0.3) is 0 Å². The van der Waals surface area contributed by atoms with Crippen LogP contribution in [0.3, 0.4) is 0 Å². The number of para-hydroxylation sites is 1. The first kappa shape index (κ1) is 19.3. The standard InChI is InChI=1S/C24H21N5O/c1-18(30)20-12-14-21(15-13-20)26-23-16-25-28-24(27-23)29(22-10-6-3-7-11-22)17-19-8-4-2-5-9-19/h2-16H,17H2,1H3,(H,26,27,28). The third-order valence-electron chi connectivity index (χ3n) is 4.60. The molecule has 148 valence electrons. The summed E-state index contributed by atoms with van der Waals surface area (Å²) in [6.07, 6.45) is 1.58. The Kier molecular flexibility index (Phi) is 5.75. The van der Waals surface area contributed by atoms with Crippen molar-refractivity contribution in [1.29, 1.82) is 0 Å². The Morgan fingerprint density at radius 3 is 2.23 bits per heavy atom. The van der Waals surface area contributed by atoms with Crippen molar-refractivity contribution >= 4 is 28.9 Å². The predicted molar refractivity (Wildman–Crippen MR) is 118 cm³/mol. The van der Waals surface area contributed by atoms with Crippen LogP contribution in [0.1, 0.15) is 22.8 Å². The summed E-state index contributed by atoms with van der Waals surface area (Å²) in [6, 6.07) is 27.4. The Bertz CT molecular complexity index is 1120. The third kappa shape index (κ3) is 4.67. The lowest BCUT2D eigenvalue weighted by molar-refractivity contribution is 0.101. The number of benzene rings is 3. The summed E-state index contributed by atoms with van der Waals surface area (Å²) in [4.78, 5) is 18.2. The number of nitrogens with zero attached hydrogens (tertiary/aromatic N) is 4. The summed E-state index contributed by atoms with van der Waals surface area (Å²) >= 11 is 0. The summed E-state index contributed by atoms with van der Waals surface area (Å²) in [5, 5.41) is 11.6. The molecule has 0 fully saturated rings.